The summed E-state index contributed by atoms with van der Waals surface area (Å²) in [4.78, 5) is 8.70. The van der Waals surface area contributed by atoms with Crippen molar-refractivity contribution in [2.75, 3.05) is 12.4 Å². The van der Waals surface area contributed by atoms with E-state index in [4.69, 9.17) is 16.3 Å². The van der Waals surface area contributed by atoms with Gasteiger partial charge in [-0.3, -0.25) is 0 Å². The maximum absolute atomic E-state index is 6.13. The molecule has 0 aliphatic rings. The summed E-state index contributed by atoms with van der Waals surface area (Å²) in [6.07, 6.45) is 0.730. The Morgan fingerprint density at radius 1 is 1.35 bits per heavy atom. The number of hydrogen-bond donors (Lipinski definition) is 1. The molecule has 0 saturated heterocycles. The maximum atomic E-state index is 6.13. The van der Waals surface area contributed by atoms with Gasteiger partial charge in [-0.15, -0.1) is 0 Å². The Hall–Kier alpha value is -1.33. The number of rotatable bonds is 4. The first-order valence-corrected chi connectivity index (χ1v) is 7.35. The van der Waals surface area contributed by atoms with Gasteiger partial charge in [-0.2, -0.15) is 0 Å². The largest absolute Gasteiger partial charge is 0.497 e. The van der Waals surface area contributed by atoms with E-state index in [0.717, 1.165) is 27.9 Å². The average Bonchev–Trinajstić information content (AvgIpc) is 2.45. The Labute approximate surface area is 131 Å². The number of ether oxygens (including phenoxy) is 1. The summed E-state index contributed by atoms with van der Waals surface area (Å²) in [7, 11) is 1.63. The lowest BCUT2D eigenvalue weighted by molar-refractivity contribution is 0.415. The standard InChI is InChI=1S/C14H15BrClN3O/c1-4-12-18-13(16)8(2)14(19-12)17-11-7-9(20-3)5-6-10(11)15/h5-7H,4H2,1-3H3,(H,17,18,19). The van der Waals surface area contributed by atoms with Gasteiger partial charge in [-0.1, -0.05) is 18.5 Å². The van der Waals surface area contributed by atoms with Crippen molar-refractivity contribution in [2.45, 2.75) is 20.3 Å². The molecule has 0 saturated carbocycles. The van der Waals surface area contributed by atoms with Crippen molar-refractivity contribution in [2.24, 2.45) is 0 Å². The van der Waals surface area contributed by atoms with E-state index in [1.807, 2.05) is 32.0 Å². The highest BCUT2D eigenvalue weighted by Gasteiger charge is 2.10. The third-order valence-corrected chi connectivity index (χ3v) is 3.94. The summed E-state index contributed by atoms with van der Waals surface area (Å²) in [5, 5.41) is 3.74. The van der Waals surface area contributed by atoms with E-state index in [2.05, 4.69) is 31.2 Å². The Morgan fingerprint density at radius 2 is 2.10 bits per heavy atom. The van der Waals surface area contributed by atoms with Crippen molar-refractivity contribution in [3.63, 3.8) is 0 Å². The molecular formula is C14H15BrClN3O. The fourth-order valence-corrected chi connectivity index (χ4v) is 2.20. The minimum atomic E-state index is 0.471. The van der Waals surface area contributed by atoms with E-state index in [0.29, 0.717) is 16.8 Å². The van der Waals surface area contributed by atoms with E-state index < -0.39 is 0 Å². The molecule has 0 aliphatic heterocycles. The Kier molecular flexibility index (Phi) is 4.83. The maximum Gasteiger partial charge on any atom is 0.138 e. The zero-order valence-corrected chi connectivity index (χ0v) is 13.8. The van der Waals surface area contributed by atoms with Crippen molar-refractivity contribution in [1.82, 2.24) is 9.97 Å². The average molecular weight is 357 g/mol. The van der Waals surface area contributed by atoms with Crippen LogP contribution in [0, 0.1) is 6.92 Å². The number of aromatic nitrogens is 2. The summed E-state index contributed by atoms with van der Waals surface area (Å²) >= 11 is 9.64. The van der Waals surface area contributed by atoms with Crippen LogP contribution in [-0.2, 0) is 6.42 Å². The SMILES string of the molecule is CCc1nc(Cl)c(C)c(Nc2cc(OC)ccc2Br)n1. The van der Waals surface area contributed by atoms with Gasteiger partial charge in [0.1, 0.15) is 22.5 Å². The highest BCUT2D eigenvalue weighted by molar-refractivity contribution is 9.10. The number of nitrogens with one attached hydrogen (secondary N) is 1. The lowest BCUT2D eigenvalue weighted by Gasteiger charge is -2.13. The Bertz CT molecular complexity index is 634. The van der Waals surface area contributed by atoms with Crippen LogP contribution in [0.5, 0.6) is 5.75 Å². The minimum absolute atomic E-state index is 0.471. The highest BCUT2D eigenvalue weighted by atomic mass is 79.9. The van der Waals surface area contributed by atoms with Gasteiger partial charge in [0, 0.05) is 22.5 Å². The van der Waals surface area contributed by atoms with Crippen molar-refractivity contribution < 1.29 is 4.74 Å². The van der Waals surface area contributed by atoms with Gasteiger partial charge >= 0.3 is 0 Å². The van der Waals surface area contributed by atoms with E-state index in [1.165, 1.54) is 0 Å². The van der Waals surface area contributed by atoms with E-state index in [1.54, 1.807) is 7.11 Å². The van der Waals surface area contributed by atoms with Crippen LogP contribution in [0.3, 0.4) is 0 Å². The molecule has 1 heterocycles. The highest BCUT2D eigenvalue weighted by Crippen LogP contribution is 2.31. The van der Waals surface area contributed by atoms with Gasteiger partial charge in [0.25, 0.3) is 0 Å². The smallest absolute Gasteiger partial charge is 0.138 e. The lowest BCUT2D eigenvalue weighted by atomic mass is 10.2. The van der Waals surface area contributed by atoms with Crippen LogP contribution in [0.25, 0.3) is 0 Å². The van der Waals surface area contributed by atoms with E-state index in [-0.39, 0.29) is 0 Å². The first-order chi connectivity index (χ1) is 9.55. The summed E-state index contributed by atoms with van der Waals surface area (Å²) in [5.74, 6) is 2.18. The Morgan fingerprint density at radius 3 is 2.75 bits per heavy atom. The summed E-state index contributed by atoms with van der Waals surface area (Å²) in [6.45, 7) is 3.88. The quantitative estimate of drug-likeness (QED) is 0.818. The molecule has 0 bridgehead atoms. The molecule has 2 aromatic rings. The number of anilines is 2. The van der Waals surface area contributed by atoms with Crippen molar-refractivity contribution in [3.05, 3.63) is 39.2 Å². The molecule has 0 fully saturated rings. The molecule has 0 unspecified atom stereocenters. The molecule has 1 N–H and O–H groups in total. The molecule has 1 aromatic heterocycles. The molecule has 106 valence electrons. The van der Waals surface area contributed by atoms with E-state index >= 15 is 0 Å². The normalized spacial score (nSPS) is 10.4. The number of halogens is 2. The van der Waals surface area contributed by atoms with Crippen LogP contribution in [-0.4, -0.2) is 17.1 Å². The van der Waals surface area contributed by atoms with Crippen LogP contribution in [0.4, 0.5) is 11.5 Å². The predicted octanol–water partition coefficient (Wildman–Crippen LogP) is 4.52. The summed E-state index contributed by atoms with van der Waals surface area (Å²) in [6, 6.07) is 5.69. The van der Waals surface area contributed by atoms with Gasteiger partial charge in [-0.25, -0.2) is 9.97 Å². The molecule has 0 spiro atoms. The molecule has 20 heavy (non-hydrogen) atoms. The van der Waals surface area contributed by atoms with Gasteiger partial charge in [0.15, 0.2) is 0 Å². The zero-order chi connectivity index (χ0) is 14.7. The molecule has 0 amide bonds. The zero-order valence-electron chi connectivity index (χ0n) is 11.5. The molecule has 0 radical (unpaired) electrons. The van der Waals surface area contributed by atoms with Crippen LogP contribution >= 0.6 is 27.5 Å². The third kappa shape index (κ3) is 3.22. The van der Waals surface area contributed by atoms with Crippen molar-refractivity contribution in [3.8, 4) is 5.75 Å². The fourth-order valence-electron chi connectivity index (χ4n) is 1.67. The topological polar surface area (TPSA) is 47.0 Å². The van der Waals surface area contributed by atoms with Crippen LogP contribution in [0.1, 0.15) is 18.3 Å². The molecule has 6 heteroatoms. The second kappa shape index (κ2) is 6.41. The molecule has 0 atom stereocenters. The third-order valence-electron chi connectivity index (χ3n) is 2.88. The molecule has 2 rings (SSSR count). The molecule has 1 aromatic carbocycles. The predicted molar refractivity (Wildman–Crippen MR) is 85.1 cm³/mol. The number of methoxy groups -OCH3 is 1. The summed E-state index contributed by atoms with van der Waals surface area (Å²) < 4.78 is 6.15. The number of aryl methyl sites for hydroxylation is 1. The van der Waals surface area contributed by atoms with E-state index in [9.17, 15) is 0 Å². The fraction of sp³-hybridized carbons (Fsp3) is 0.286. The Balaban J connectivity index is 2.41. The number of nitrogens with zero attached hydrogens (tertiary/aromatic N) is 2. The lowest BCUT2D eigenvalue weighted by Crippen LogP contribution is -2.03. The van der Waals surface area contributed by atoms with Gasteiger partial charge in [0.2, 0.25) is 0 Å². The monoisotopic (exact) mass is 355 g/mol. The molecule has 4 nitrogen and oxygen atoms in total. The number of benzene rings is 1. The van der Waals surface area contributed by atoms with Crippen LogP contribution < -0.4 is 10.1 Å². The van der Waals surface area contributed by atoms with Gasteiger partial charge < -0.3 is 10.1 Å². The summed E-state index contributed by atoms with van der Waals surface area (Å²) in [5.41, 5.74) is 1.68. The van der Waals surface area contributed by atoms with Crippen molar-refractivity contribution in [1.29, 1.82) is 0 Å². The van der Waals surface area contributed by atoms with Gasteiger partial charge in [0.05, 0.1) is 12.8 Å². The van der Waals surface area contributed by atoms with Crippen LogP contribution in [0.2, 0.25) is 5.15 Å². The van der Waals surface area contributed by atoms with Gasteiger partial charge in [-0.05, 0) is 35.0 Å². The molecule has 0 aliphatic carbocycles. The molecular weight excluding hydrogens is 342 g/mol. The number of hydrogen-bond acceptors (Lipinski definition) is 4. The second-order valence-corrected chi connectivity index (χ2v) is 5.44. The van der Waals surface area contributed by atoms with Crippen LogP contribution in [0.15, 0.2) is 22.7 Å². The first kappa shape index (κ1) is 15.1. The second-order valence-electron chi connectivity index (χ2n) is 4.23. The minimum Gasteiger partial charge on any atom is -0.497 e. The van der Waals surface area contributed by atoms with Crippen molar-refractivity contribution >= 4 is 39.0 Å². The first-order valence-electron chi connectivity index (χ1n) is 6.18.